The van der Waals surface area contributed by atoms with Crippen LogP contribution in [0.4, 0.5) is 0 Å². The van der Waals surface area contributed by atoms with Crippen molar-refractivity contribution in [2.24, 2.45) is 0 Å². The monoisotopic (exact) mass is 490 g/mol. The number of hydrogen-bond donors (Lipinski definition) is 0. The van der Waals surface area contributed by atoms with Crippen molar-refractivity contribution in [3.63, 3.8) is 0 Å². The van der Waals surface area contributed by atoms with Crippen LogP contribution in [0.25, 0.3) is 0 Å². The van der Waals surface area contributed by atoms with Gasteiger partial charge in [-0.3, -0.25) is 0 Å². The van der Waals surface area contributed by atoms with Crippen LogP contribution >= 0.6 is 7.26 Å². The van der Waals surface area contributed by atoms with Gasteiger partial charge < -0.3 is 21.7 Å². The second-order valence-corrected chi connectivity index (χ2v) is 11.1. The van der Waals surface area contributed by atoms with Crippen molar-refractivity contribution < 1.29 is 21.7 Å². The van der Waals surface area contributed by atoms with Gasteiger partial charge in [-0.05, 0) is 60.0 Å². The third-order valence-corrected chi connectivity index (χ3v) is 10.2. The predicted octanol–water partition coefficient (Wildman–Crippen LogP) is 2.64. The Hall–Kier alpha value is -2.25. The minimum atomic E-state index is -1.88. The Morgan fingerprint density at radius 1 is 0.581 bits per heavy atom. The summed E-state index contributed by atoms with van der Waals surface area (Å²) in [5.41, 5.74) is 4.00. The summed E-state index contributed by atoms with van der Waals surface area (Å²) in [5, 5.41) is 4.25. The Bertz CT molecular complexity index is 985. The molecule has 0 fully saturated rings. The van der Waals surface area contributed by atoms with Crippen LogP contribution in [-0.2, 0) is 17.5 Å². The Morgan fingerprint density at radius 3 is 1.42 bits per heavy atom. The first-order valence-corrected chi connectivity index (χ1v) is 12.3. The number of ether oxygens (including phenoxy) is 1. The maximum absolute atomic E-state index is 5.46. The van der Waals surface area contributed by atoms with E-state index in [4.69, 9.17) is 4.74 Å². The molecule has 1 nitrogen and oxygen atoms in total. The lowest BCUT2D eigenvalue weighted by Gasteiger charge is -2.28. The second kappa shape index (κ2) is 10.9. The highest BCUT2D eigenvalue weighted by Crippen LogP contribution is 2.58. The van der Waals surface area contributed by atoms with Gasteiger partial charge in [-0.15, -0.1) is 0 Å². The summed E-state index contributed by atoms with van der Waals surface area (Å²) in [6, 6.07) is 39.8. The lowest BCUT2D eigenvalue weighted by Crippen LogP contribution is -3.00. The number of halogens is 1. The zero-order chi connectivity index (χ0) is 20.8. The van der Waals surface area contributed by atoms with Gasteiger partial charge in [0.1, 0.15) is 23.2 Å². The summed E-state index contributed by atoms with van der Waals surface area (Å²) in [5.74, 6) is 0. The van der Waals surface area contributed by atoms with Crippen molar-refractivity contribution in [3.05, 3.63) is 126 Å². The summed E-state index contributed by atoms with van der Waals surface area (Å²) in [6.07, 6.45) is 0.994. The Balaban J connectivity index is 0.00000272. The molecule has 0 bridgehead atoms. The summed E-state index contributed by atoms with van der Waals surface area (Å²) in [4.78, 5) is 0. The Labute approximate surface area is 197 Å². The van der Waals surface area contributed by atoms with Gasteiger partial charge in [0, 0.05) is 7.11 Å². The van der Waals surface area contributed by atoms with Crippen LogP contribution in [0.2, 0.25) is 0 Å². The van der Waals surface area contributed by atoms with E-state index in [2.05, 4.69) is 116 Å². The molecule has 0 aliphatic carbocycles. The smallest absolute Gasteiger partial charge is 0.116 e. The van der Waals surface area contributed by atoms with Gasteiger partial charge in [0.25, 0.3) is 0 Å². The van der Waals surface area contributed by atoms with Crippen LogP contribution in [0.3, 0.4) is 0 Å². The third-order valence-electron chi connectivity index (χ3n) is 5.86. The molecule has 0 aliphatic heterocycles. The second-order valence-electron chi connectivity index (χ2n) is 7.61. The predicted molar refractivity (Wildman–Crippen MR) is 131 cm³/mol. The van der Waals surface area contributed by atoms with E-state index in [9.17, 15) is 0 Å². The average Bonchev–Trinajstić information content (AvgIpc) is 2.82. The van der Waals surface area contributed by atoms with Gasteiger partial charge in [0.05, 0.1) is 12.8 Å². The van der Waals surface area contributed by atoms with Crippen LogP contribution in [-0.4, -0.2) is 7.11 Å². The van der Waals surface area contributed by atoms with E-state index in [0.717, 1.165) is 6.16 Å². The van der Waals surface area contributed by atoms with Crippen molar-refractivity contribution in [3.8, 4) is 0 Å². The van der Waals surface area contributed by atoms with E-state index in [-0.39, 0.29) is 17.0 Å². The molecule has 4 rings (SSSR count). The first kappa shape index (κ1) is 23.4. The fourth-order valence-electron chi connectivity index (χ4n) is 4.24. The highest BCUT2D eigenvalue weighted by Gasteiger charge is 2.45. The maximum Gasteiger partial charge on any atom is 0.116 e. The van der Waals surface area contributed by atoms with Crippen molar-refractivity contribution >= 4 is 23.2 Å². The number of methoxy groups -OCH3 is 1. The minimum Gasteiger partial charge on any atom is -1.00 e. The molecule has 0 aliphatic rings. The van der Waals surface area contributed by atoms with E-state index in [0.29, 0.717) is 6.61 Å². The molecule has 0 radical (unpaired) electrons. The van der Waals surface area contributed by atoms with Crippen LogP contribution in [0.5, 0.6) is 0 Å². The average molecular weight is 491 g/mol. The van der Waals surface area contributed by atoms with Gasteiger partial charge >= 0.3 is 0 Å². The highest BCUT2D eigenvalue weighted by atomic mass is 79.9. The minimum absolute atomic E-state index is 0. The van der Waals surface area contributed by atoms with Crippen LogP contribution in [0.1, 0.15) is 16.7 Å². The van der Waals surface area contributed by atoms with Crippen LogP contribution < -0.4 is 32.9 Å². The molecular weight excluding hydrogens is 463 g/mol. The molecule has 0 atom stereocenters. The number of rotatable bonds is 7. The van der Waals surface area contributed by atoms with Gasteiger partial charge in [-0.1, -0.05) is 72.8 Å². The van der Waals surface area contributed by atoms with Crippen molar-refractivity contribution in [1.29, 1.82) is 0 Å². The molecule has 4 aromatic carbocycles. The van der Waals surface area contributed by atoms with E-state index in [1.165, 1.54) is 32.6 Å². The zero-order valence-corrected chi connectivity index (χ0v) is 20.5. The molecule has 0 aromatic heterocycles. The molecule has 0 spiro atoms. The topological polar surface area (TPSA) is 9.23 Å². The zero-order valence-electron chi connectivity index (χ0n) is 18.0. The lowest BCUT2D eigenvalue weighted by atomic mass is 10.0. The first-order valence-electron chi connectivity index (χ1n) is 10.4. The highest BCUT2D eigenvalue weighted by molar-refractivity contribution is 7.95. The Morgan fingerprint density at radius 2 is 1.00 bits per heavy atom. The first-order chi connectivity index (χ1) is 14.8. The molecule has 3 heteroatoms. The SMILES string of the molecule is COCc1cccc(C[P+](c2ccccc2)(c2ccccc2)c2ccccc2)c1C.[Br-]. The molecule has 4 aromatic rings. The molecule has 0 saturated carbocycles. The van der Waals surface area contributed by atoms with Crippen LogP contribution in [0.15, 0.2) is 109 Å². The summed E-state index contributed by atoms with van der Waals surface area (Å²) in [6.45, 7) is 2.88. The van der Waals surface area contributed by atoms with Crippen molar-refractivity contribution in [2.45, 2.75) is 19.7 Å². The standard InChI is InChI=1S/C28H28OP.BrH/c1-23-24(21-29-2)13-12-14-25(23)22-30(26-15-6-3-7-16-26,27-17-8-4-9-18-27)28-19-10-5-11-20-28;/h3-20H,21-22H2,1-2H3;1H/q+1;/p-1. The van der Waals surface area contributed by atoms with Crippen molar-refractivity contribution in [2.75, 3.05) is 7.11 Å². The van der Waals surface area contributed by atoms with E-state index in [1.807, 2.05) is 0 Å². The van der Waals surface area contributed by atoms with E-state index < -0.39 is 7.26 Å². The molecule has 31 heavy (non-hydrogen) atoms. The van der Waals surface area contributed by atoms with E-state index >= 15 is 0 Å². The fraction of sp³-hybridized carbons (Fsp3) is 0.143. The van der Waals surface area contributed by atoms with E-state index in [1.54, 1.807) is 7.11 Å². The normalized spacial score (nSPS) is 11.0. The quantitative estimate of drug-likeness (QED) is 0.362. The molecule has 0 amide bonds. The summed E-state index contributed by atoms with van der Waals surface area (Å²) in [7, 11) is -0.117. The molecule has 0 N–H and O–H groups in total. The molecule has 0 unspecified atom stereocenters. The maximum atomic E-state index is 5.46. The third kappa shape index (κ3) is 4.83. The van der Waals surface area contributed by atoms with Crippen molar-refractivity contribution in [1.82, 2.24) is 0 Å². The fourth-order valence-corrected chi connectivity index (χ4v) is 8.58. The number of benzene rings is 4. The molecule has 0 heterocycles. The van der Waals surface area contributed by atoms with Gasteiger partial charge in [-0.2, -0.15) is 0 Å². The molecular formula is C28H28BrOP. The lowest BCUT2D eigenvalue weighted by molar-refractivity contribution is -0.00000622. The summed E-state index contributed by atoms with van der Waals surface area (Å²) < 4.78 is 5.46. The molecule has 0 saturated heterocycles. The molecule has 158 valence electrons. The van der Waals surface area contributed by atoms with Crippen LogP contribution in [0, 0.1) is 6.92 Å². The summed E-state index contributed by atoms with van der Waals surface area (Å²) >= 11 is 0. The number of hydrogen-bond acceptors (Lipinski definition) is 1. The largest absolute Gasteiger partial charge is 1.00 e. The van der Waals surface area contributed by atoms with Gasteiger partial charge in [0.15, 0.2) is 0 Å². The van der Waals surface area contributed by atoms with Gasteiger partial charge in [0.2, 0.25) is 0 Å². The van der Waals surface area contributed by atoms with Gasteiger partial charge in [-0.25, -0.2) is 0 Å². The Kier molecular flexibility index (Phi) is 8.21.